The van der Waals surface area contributed by atoms with Gasteiger partial charge in [-0.1, -0.05) is 24.3 Å². The Morgan fingerprint density at radius 1 is 0.906 bits per heavy atom. The van der Waals surface area contributed by atoms with E-state index in [-0.39, 0.29) is 29.7 Å². The molecule has 0 unspecified atom stereocenters. The lowest BCUT2D eigenvalue weighted by molar-refractivity contribution is 0.0950. The third-order valence-electron chi connectivity index (χ3n) is 5.27. The summed E-state index contributed by atoms with van der Waals surface area (Å²) in [6.07, 6.45) is 0. The molecule has 166 valence electrons. The van der Waals surface area contributed by atoms with E-state index in [0.29, 0.717) is 22.7 Å². The maximum atomic E-state index is 13.1. The van der Waals surface area contributed by atoms with Crippen LogP contribution < -0.4 is 19.5 Å². The highest BCUT2D eigenvalue weighted by atomic mass is 32.2. The first-order valence-electron chi connectivity index (χ1n) is 10.1. The zero-order valence-corrected chi connectivity index (χ0v) is 18.9. The Hall–Kier alpha value is -3.52. The number of sulfonamides is 1. The summed E-state index contributed by atoms with van der Waals surface area (Å²) in [5.74, 6) is 0.939. The number of ether oxygens (including phenoxy) is 2. The fourth-order valence-corrected chi connectivity index (χ4v) is 4.81. The lowest BCUT2D eigenvalue weighted by atomic mass is 10.1. The highest BCUT2D eigenvalue weighted by Gasteiger charge is 2.20. The second kappa shape index (κ2) is 8.55. The van der Waals surface area contributed by atoms with Gasteiger partial charge < -0.3 is 14.8 Å². The van der Waals surface area contributed by atoms with E-state index < -0.39 is 10.0 Å². The molecule has 1 amide bonds. The molecule has 1 heterocycles. The molecule has 0 aromatic heterocycles. The second-order valence-electron chi connectivity index (χ2n) is 7.77. The lowest BCUT2D eigenvalue weighted by Crippen LogP contribution is -2.23. The molecule has 1 aliphatic rings. The molecule has 0 saturated carbocycles. The van der Waals surface area contributed by atoms with Crippen LogP contribution in [0.5, 0.6) is 11.5 Å². The Balaban J connectivity index is 1.52. The normalized spacial score (nSPS) is 12.5. The molecular formula is C24H24N2O5S. The van der Waals surface area contributed by atoms with E-state index in [1.807, 2.05) is 38.1 Å². The molecule has 8 heteroatoms. The van der Waals surface area contributed by atoms with Gasteiger partial charge in [0.15, 0.2) is 11.5 Å². The Morgan fingerprint density at radius 3 is 2.47 bits per heavy atom. The van der Waals surface area contributed by atoms with E-state index in [2.05, 4.69) is 10.0 Å². The monoisotopic (exact) mass is 452 g/mol. The van der Waals surface area contributed by atoms with Gasteiger partial charge in [0.1, 0.15) is 0 Å². The molecule has 0 saturated heterocycles. The van der Waals surface area contributed by atoms with Gasteiger partial charge in [0.2, 0.25) is 6.79 Å². The SMILES string of the molecule is Cc1ccc(C)c(NS(=O)(=O)c2cc(C(=O)NCc3ccc4c(c3)OCO4)ccc2C)c1. The van der Waals surface area contributed by atoms with Crippen molar-refractivity contribution in [1.29, 1.82) is 0 Å². The number of amides is 1. The van der Waals surface area contributed by atoms with Crippen LogP contribution in [0, 0.1) is 20.8 Å². The first kappa shape index (κ1) is 21.7. The zero-order valence-electron chi connectivity index (χ0n) is 18.1. The molecule has 0 radical (unpaired) electrons. The summed E-state index contributed by atoms with van der Waals surface area (Å²) in [5.41, 5.74) is 3.94. The number of fused-ring (bicyclic) bond motifs is 1. The minimum absolute atomic E-state index is 0.0640. The van der Waals surface area contributed by atoms with Crippen LogP contribution in [0.4, 0.5) is 5.69 Å². The highest BCUT2D eigenvalue weighted by molar-refractivity contribution is 7.92. The molecule has 1 aliphatic heterocycles. The van der Waals surface area contributed by atoms with Gasteiger partial charge in [-0.3, -0.25) is 9.52 Å². The average molecular weight is 453 g/mol. The second-order valence-corrected chi connectivity index (χ2v) is 9.43. The number of rotatable bonds is 6. The van der Waals surface area contributed by atoms with Crippen molar-refractivity contribution in [2.45, 2.75) is 32.2 Å². The first-order valence-corrected chi connectivity index (χ1v) is 11.6. The van der Waals surface area contributed by atoms with Crippen molar-refractivity contribution in [3.05, 3.63) is 82.4 Å². The smallest absolute Gasteiger partial charge is 0.262 e. The van der Waals surface area contributed by atoms with Crippen LogP contribution in [0.15, 0.2) is 59.5 Å². The standard InChI is InChI=1S/C24H24N2O5S/c1-15-4-5-16(2)20(10-15)26-32(28,29)23-12-19(8-6-17(23)3)24(27)25-13-18-7-9-21-22(11-18)31-14-30-21/h4-12,26H,13-14H2,1-3H3,(H,25,27). The van der Waals surface area contributed by atoms with Crippen LogP contribution in [0.2, 0.25) is 0 Å². The topological polar surface area (TPSA) is 93.7 Å². The van der Waals surface area contributed by atoms with Crippen molar-refractivity contribution in [3.63, 3.8) is 0 Å². The predicted molar refractivity (Wildman–Crippen MR) is 122 cm³/mol. The summed E-state index contributed by atoms with van der Waals surface area (Å²) in [6, 6.07) is 15.6. The van der Waals surface area contributed by atoms with Crippen LogP contribution in [0.25, 0.3) is 0 Å². The number of anilines is 1. The van der Waals surface area contributed by atoms with Gasteiger partial charge in [-0.15, -0.1) is 0 Å². The predicted octanol–water partition coefficient (Wildman–Crippen LogP) is 4.07. The number of nitrogens with one attached hydrogen (secondary N) is 2. The maximum Gasteiger partial charge on any atom is 0.262 e. The van der Waals surface area contributed by atoms with Crippen LogP contribution >= 0.6 is 0 Å². The van der Waals surface area contributed by atoms with Gasteiger partial charge in [0, 0.05) is 12.1 Å². The Morgan fingerprint density at radius 2 is 1.66 bits per heavy atom. The summed E-state index contributed by atoms with van der Waals surface area (Å²) in [7, 11) is -3.87. The van der Waals surface area contributed by atoms with Gasteiger partial charge >= 0.3 is 0 Å². The number of carbonyl (C=O) groups is 1. The van der Waals surface area contributed by atoms with Crippen molar-refractivity contribution in [1.82, 2.24) is 5.32 Å². The van der Waals surface area contributed by atoms with Gasteiger partial charge in [-0.2, -0.15) is 0 Å². The molecular weight excluding hydrogens is 428 g/mol. The number of hydrogen-bond donors (Lipinski definition) is 2. The summed E-state index contributed by atoms with van der Waals surface area (Å²) in [4.78, 5) is 12.8. The van der Waals surface area contributed by atoms with E-state index >= 15 is 0 Å². The van der Waals surface area contributed by atoms with E-state index in [1.165, 1.54) is 6.07 Å². The quantitative estimate of drug-likeness (QED) is 0.588. The number of benzene rings is 3. The molecule has 0 bridgehead atoms. The molecule has 0 fully saturated rings. The summed E-state index contributed by atoms with van der Waals surface area (Å²) >= 11 is 0. The fraction of sp³-hybridized carbons (Fsp3) is 0.208. The minimum atomic E-state index is -3.87. The molecule has 2 N–H and O–H groups in total. The number of carbonyl (C=O) groups excluding carboxylic acids is 1. The third kappa shape index (κ3) is 4.55. The maximum absolute atomic E-state index is 13.1. The van der Waals surface area contributed by atoms with E-state index in [0.717, 1.165) is 16.7 Å². The van der Waals surface area contributed by atoms with Crippen LogP contribution in [-0.4, -0.2) is 21.1 Å². The van der Waals surface area contributed by atoms with E-state index in [1.54, 1.807) is 31.2 Å². The summed E-state index contributed by atoms with van der Waals surface area (Å²) in [5, 5.41) is 2.82. The zero-order chi connectivity index (χ0) is 22.9. The first-order chi connectivity index (χ1) is 15.2. The van der Waals surface area contributed by atoms with Crippen molar-refractivity contribution in [2.24, 2.45) is 0 Å². The third-order valence-corrected chi connectivity index (χ3v) is 6.77. The van der Waals surface area contributed by atoms with Gasteiger partial charge in [0.05, 0.1) is 10.6 Å². The van der Waals surface area contributed by atoms with Gasteiger partial charge in [-0.25, -0.2) is 8.42 Å². The molecule has 4 rings (SSSR count). The molecule has 3 aromatic rings. The average Bonchev–Trinajstić information content (AvgIpc) is 3.22. The molecule has 32 heavy (non-hydrogen) atoms. The molecule has 0 spiro atoms. The van der Waals surface area contributed by atoms with Crippen molar-refractivity contribution in [2.75, 3.05) is 11.5 Å². The highest BCUT2D eigenvalue weighted by Crippen LogP contribution is 2.32. The van der Waals surface area contributed by atoms with Crippen LogP contribution in [0.1, 0.15) is 32.6 Å². The summed E-state index contributed by atoms with van der Waals surface area (Å²) < 4.78 is 39.4. The molecule has 7 nitrogen and oxygen atoms in total. The lowest BCUT2D eigenvalue weighted by Gasteiger charge is -2.14. The molecule has 0 aliphatic carbocycles. The Bertz CT molecular complexity index is 1300. The van der Waals surface area contributed by atoms with Crippen molar-refractivity contribution >= 4 is 21.6 Å². The van der Waals surface area contributed by atoms with Crippen LogP contribution in [0.3, 0.4) is 0 Å². The van der Waals surface area contributed by atoms with Crippen molar-refractivity contribution < 1.29 is 22.7 Å². The number of aryl methyl sites for hydroxylation is 3. The minimum Gasteiger partial charge on any atom is -0.454 e. The Kier molecular flexibility index (Phi) is 5.80. The summed E-state index contributed by atoms with van der Waals surface area (Å²) in [6.45, 7) is 5.89. The fourth-order valence-electron chi connectivity index (χ4n) is 3.41. The van der Waals surface area contributed by atoms with Gasteiger partial charge in [-0.05, 0) is 73.4 Å². The van der Waals surface area contributed by atoms with Crippen molar-refractivity contribution in [3.8, 4) is 11.5 Å². The largest absolute Gasteiger partial charge is 0.454 e. The molecule has 0 atom stereocenters. The number of hydrogen-bond acceptors (Lipinski definition) is 5. The van der Waals surface area contributed by atoms with Crippen LogP contribution in [-0.2, 0) is 16.6 Å². The Labute approximate surface area is 187 Å². The molecule has 3 aromatic carbocycles. The van der Waals surface area contributed by atoms with E-state index in [4.69, 9.17) is 9.47 Å². The van der Waals surface area contributed by atoms with E-state index in [9.17, 15) is 13.2 Å². The van der Waals surface area contributed by atoms with Gasteiger partial charge in [0.25, 0.3) is 15.9 Å².